The van der Waals surface area contributed by atoms with Crippen molar-refractivity contribution in [3.63, 3.8) is 0 Å². The Morgan fingerprint density at radius 2 is 1.81 bits per heavy atom. The number of nitrogens with zero attached hydrogens (tertiary/aromatic N) is 1. The third kappa shape index (κ3) is 5.11. The average Bonchev–Trinajstić information content (AvgIpc) is 2.58. The maximum Gasteiger partial charge on any atom is 0.243 e. The molecule has 0 heterocycles. The zero-order valence-electron chi connectivity index (χ0n) is 14.2. The Hall–Kier alpha value is -1.80. The molecule has 0 aliphatic heterocycles. The topological polar surface area (TPSA) is 75.7 Å². The molecule has 0 bridgehead atoms. The summed E-state index contributed by atoms with van der Waals surface area (Å²) in [5.41, 5.74) is 0.508. The predicted octanol–water partition coefficient (Wildman–Crippen LogP) is 3.65. The Morgan fingerprint density at radius 3 is 2.38 bits per heavy atom. The number of carbonyl (C=O) groups excluding carboxylic acids is 1. The predicted molar refractivity (Wildman–Crippen MR) is 103 cm³/mol. The number of sulfonamides is 1. The molecule has 6 nitrogen and oxygen atoms in total. The van der Waals surface area contributed by atoms with Gasteiger partial charge in [0.15, 0.2) is 0 Å². The second-order valence-corrected chi connectivity index (χ2v) is 8.13. The highest BCUT2D eigenvalue weighted by atomic mass is 35.5. The van der Waals surface area contributed by atoms with Crippen molar-refractivity contribution in [1.82, 2.24) is 4.31 Å². The number of rotatable bonds is 7. The van der Waals surface area contributed by atoms with E-state index < -0.39 is 15.9 Å². The minimum Gasteiger partial charge on any atom is -0.497 e. The third-order valence-electron chi connectivity index (χ3n) is 3.50. The van der Waals surface area contributed by atoms with E-state index in [0.29, 0.717) is 11.4 Å². The Labute approximate surface area is 162 Å². The summed E-state index contributed by atoms with van der Waals surface area (Å²) in [6.45, 7) is 1.40. The molecule has 0 radical (unpaired) electrons. The fraction of sp³-hybridized carbons (Fsp3) is 0.235. The monoisotopic (exact) mass is 416 g/mol. The summed E-state index contributed by atoms with van der Waals surface area (Å²) in [6.07, 6.45) is 0. The molecule has 0 fully saturated rings. The zero-order chi connectivity index (χ0) is 19.3. The van der Waals surface area contributed by atoms with Gasteiger partial charge < -0.3 is 10.1 Å². The normalized spacial score (nSPS) is 11.4. The van der Waals surface area contributed by atoms with Gasteiger partial charge >= 0.3 is 0 Å². The number of hydrogen-bond donors (Lipinski definition) is 1. The van der Waals surface area contributed by atoms with Gasteiger partial charge in [0.2, 0.25) is 15.9 Å². The van der Waals surface area contributed by atoms with E-state index in [-0.39, 0.29) is 28.0 Å². The minimum absolute atomic E-state index is 0.0639. The molecular weight excluding hydrogens is 399 g/mol. The van der Waals surface area contributed by atoms with E-state index in [1.165, 1.54) is 25.3 Å². The largest absolute Gasteiger partial charge is 0.497 e. The van der Waals surface area contributed by atoms with Crippen molar-refractivity contribution in [2.24, 2.45) is 0 Å². The highest BCUT2D eigenvalue weighted by Gasteiger charge is 2.26. The van der Waals surface area contributed by atoms with Crippen molar-refractivity contribution in [3.05, 3.63) is 52.5 Å². The van der Waals surface area contributed by atoms with Gasteiger partial charge in [0.25, 0.3) is 0 Å². The molecule has 1 N–H and O–H groups in total. The Balaban J connectivity index is 2.17. The van der Waals surface area contributed by atoms with Gasteiger partial charge in [-0.25, -0.2) is 8.42 Å². The number of likely N-dealkylation sites (N-methyl/N-ethyl adjacent to an activating group) is 1. The minimum atomic E-state index is -3.92. The van der Waals surface area contributed by atoms with E-state index in [1.54, 1.807) is 31.2 Å². The molecule has 0 saturated carbocycles. The van der Waals surface area contributed by atoms with Crippen LogP contribution in [0.4, 0.5) is 5.69 Å². The molecule has 140 valence electrons. The molecule has 26 heavy (non-hydrogen) atoms. The Kier molecular flexibility index (Phi) is 6.88. The highest BCUT2D eigenvalue weighted by molar-refractivity contribution is 7.89. The van der Waals surface area contributed by atoms with Gasteiger partial charge in [-0.15, -0.1) is 0 Å². The third-order valence-corrected chi connectivity index (χ3v) is 5.83. The van der Waals surface area contributed by atoms with Gasteiger partial charge in [0.1, 0.15) is 5.75 Å². The molecule has 2 aromatic carbocycles. The zero-order valence-corrected chi connectivity index (χ0v) is 16.5. The first-order valence-corrected chi connectivity index (χ1v) is 9.86. The van der Waals surface area contributed by atoms with Crippen LogP contribution in [0.3, 0.4) is 0 Å². The molecule has 9 heteroatoms. The molecular formula is C17H18Cl2N2O4S. The van der Waals surface area contributed by atoms with Crippen LogP contribution in [0.25, 0.3) is 0 Å². The SMILES string of the molecule is CCN(CC(=O)Nc1cccc(OC)c1)S(=O)(=O)c1cc(Cl)cc(Cl)c1. The van der Waals surface area contributed by atoms with Crippen LogP contribution >= 0.6 is 23.2 Å². The van der Waals surface area contributed by atoms with E-state index in [9.17, 15) is 13.2 Å². The van der Waals surface area contributed by atoms with Crippen LogP contribution in [0, 0.1) is 0 Å². The molecule has 0 atom stereocenters. The molecule has 1 amide bonds. The summed E-state index contributed by atoms with van der Waals surface area (Å²) in [7, 11) is -2.40. The lowest BCUT2D eigenvalue weighted by Gasteiger charge is -2.20. The van der Waals surface area contributed by atoms with Crippen molar-refractivity contribution in [2.45, 2.75) is 11.8 Å². The second-order valence-electron chi connectivity index (χ2n) is 5.32. The summed E-state index contributed by atoms with van der Waals surface area (Å²) in [6, 6.07) is 10.8. The number of ether oxygens (including phenoxy) is 1. The quantitative estimate of drug-likeness (QED) is 0.746. The van der Waals surface area contributed by atoms with Crippen LogP contribution in [0.1, 0.15) is 6.92 Å². The lowest BCUT2D eigenvalue weighted by Crippen LogP contribution is -2.37. The summed E-state index contributed by atoms with van der Waals surface area (Å²) in [4.78, 5) is 12.2. The fourth-order valence-electron chi connectivity index (χ4n) is 2.25. The highest BCUT2D eigenvalue weighted by Crippen LogP contribution is 2.25. The van der Waals surface area contributed by atoms with Crippen molar-refractivity contribution in [2.75, 3.05) is 25.5 Å². The molecule has 2 aromatic rings. The first-order valence-electron chi connectivity index (χ1n) is 7.66. The van der Waals surface area contributed by atoms with Crippen molar-refractivity contribution in [1.29, 1.82) is 0 Å². The van der Waals surface area contributed by atoms with Crippen LogP contribution in [0.15, 0.2) is 47.4 Å². The number of hydrogen-bond acceptors (Lipinski definition) is 4. The maximum atomic E-state index is 12.8. The number of amides is 1. The number of anilines is 1. The summed E-state index contributed by atoms with van der Waals surface area (Å²) in [5.74, 6) is 0.105. The lowest BCUT2D eigenvalue weighted by molar-refractivity contribution is -0.116. The van der Waals surface area contributed by atoms with Crippen molar-refractivity contribution < 1.29 is 17.9 Å². The summed E-state index contributed by atoms with van der Waals surface area (Å²) in [5, 5.41) is 3.05. The lowest BCUT2D eigenvalue weighted by atomic mass is 10.3. The summed E-state index contributed by atoms with van der Waals surface area (Å²) < 4.78 is 31.7. The standard InChI is InChI=1S/C17H18Cl2N2O4S/c1-3-21(26(23,24)16-8-12(18)7-13(19)9-16)11-17(22)20-14-5-4-6-15(10-14)25-2/h4-10H,3,11H2,1-2H3,(H,20,22). The van der Waals surface area contributed by atoms with Crippen LogP contribution in [0.2, 0.25) is 10.0 Å². The smallest absolute Gasteiger partial charge is 0.243 e. The first kappa shape index (κ1) is 20.5. The van der Waals surface area contributed by atoms with Crippen molar-refractivity contribution >= 4 is 44.8 Å². The van der Waals surface area contributed by atoms with Crippen LogP contribution in [0.5, 0.6) is 5.75 Å². The van der Waals surface area contributed by atoms with Crippen LogP contribution in [-0.2, 0) is 14.8 Å². The molecule has 0 saturated heterocycles. The number of methoxy groups -OCH3 is 1. The van der Waals surface area contributed by atoms with E-state index >= 15 is 0 Å². The number of halogens is 2. The average molecular weight is 417 g/mol. The second kappa shape index (κ2) is 8.73. The molecule has 2 rings (SSSR count). The van der Waals surface area contributed by atoms with E-state index in [4.69, 9.17) is 27.9 Å². The van der Waals surface area contributed by atoms with Gasteiger partial charge in [0, 0.05) is 28.3 Å². The summed E-state index contributed by atoms with van der Waals surface area (Å²) >= 11 is 11.8. The molecule has 0 aliphatic carbocycles. The maximum absolute atomic E-state index is 12.8. The molecule has 0 unspecified atom stereocenters. The van der Waals surface area contributed by atoms with E-state index in [1.807, 2.05) is 0 Å². The van der Waals surface area contributed by atoms with Gasteiger partial charge in [-0.2, -0.15) is 4.31 Å². The molecule has 0 spiro atoms. The molecule has 0 aliphatic rings. The van der Waals surface area contributed by atoms with E-state index in [0.717, 1.165) is 4.31 Å². The Morgan fingerprint density at radius 1 is 1.15 bits per heavy atom. The number of carbonyl (C=O) groups is 1. The van der Waals surface area contributed by atoms with Crippen LogP contribution < -0.4 is 10.1 Å². The fourth-order valence-corrected chi connectivity index (χ4v) is 4.39. The first-order chi connectivity index (χ1) is 12.3. The van der Waals surface area contributed by atoms with Gasteiger partial charge in [-0.05, 0) is 30.3 Å². The van der Waals surface area contributed by atoms with Gasteiger partial charge in [0.05, 0.1) is 18.6 Å². The van der Waals surface area contributed by atoms with E-state index in [2.05, 4.69) is 5.32 Å². The van der Waals surface area contributed by atoms with Crippen LogP contribution in [-0.4, -0.2) is 38.8 Å². The number of nitrogens with one attached hydrogen (secondary N) is 1. The van der Waals surface area contributed by atoms with Gasteiger partial charge in [-0.1, -0.05) is 36.2 Å². The van der Waals surface area contributed by atoms with Crippen molar-refractivity contribution in [3.8, 4) is 5.75 Å². The number of benzene rings is 2. The van der Waals surface area contributed by atoms with Gasteiger partial charge in [-0.3, -0.25) is 4.79 Å². The molecule has 0 aromatic heterocycles. The Bertz CT molecular complexity index is 883.